The molecule has 164 valence electrons. The van der Waals surface area contributed by atoms with Crippen LogP contribution in [0.15, 0.2) is 65.8 Å². The highest BCUT2D eigenvalue weighted by atomic mass is 35.5. The van der Waals surface area contributed by atoms with Crippen LogP contribution in [0.3, 0.4) is 0 Å². The third kappa shape index (κ3) is 5.06. The van der Waals surface area contributed by atoms with E-state index in [2.05, 4.69) is 27.6 Å². The zero-order valence-electron chi connectivity index (χ0n) is 17.8. The number of hydrogen-bond acceptors (Lipinski definition) is 5. The average molecular weight is 467 g/mol. The number of nitrogens with one attached hydrogen (secondary N) is 1. The van der Waals surface area contributed by atoms with Gasteiger partial charge in [-0.1, -0.05) is 65.8 Å². The van der Waals surface area contributed by atoms with E-state index in [4.69, 9.17) is 16.3 Å². The summed E-state index contributed by atoms with van der Waals surface area (Å²) < 4.78 is 8.03. The monoisotopic (exact) mass is 466 g/mol. The first kappa shape index (κ1) is 22.2. The molecule has 0 aliphatic carbocycles. The van der Waals surface area contributed by atoms with E-state index in [-0.39, 0.29) is 11.7 Å². The van der Waals surface area contributed by atoms with Crippen molar-refractivity contribution >= 4 is 45.7 Å². The van der Waals surface area contributed by atoms with Crippen LogP contribution < -0.4 is 10.1 Å². The van der Waals surface area contributed by atoms with E-state index in [1.807, 2.05) is 60.9 Å². The first-order valence-electron chi connectivity index (χ1n) is 10.3. The Kier molecular flexibility index (Phi) is 6.97. The fraction of sp³-hybridized carbons (Fsp3) is 0.208. The number of carbonyl (C=O) groups is 1. The molecular weight excluding hydrogens is 444 g/mol. The van der Waals surface area contributed by atoms with Gasteiger partial charge in [0, 0.05) is 22.6 Å². The van der Waals surface area contributed by atoms with Gasteiger partial charge in [-0.3, -0.25) is 4.79 Å². The molecule has 0 saturated carbocycles. The summed E-state index contributed by atoms with van der Waals surface area (Å²) in [6, 6.07) is 19.5. The van der Waals surface area contributed by atoms with Crippen LogP contribution in [-0.2, 0) is 17.9 Å². The van der Waals surface area contributed by atoms with Crippen LogP contribution in [0.4, 0.5) is 5.69 Å². The van der Waals surface area contributed by atoms with E-state index in [1.165, 1.54) is 11.8 Å². The van der Waals surface area contributed by atoms with Crippen molar-refractivity contribution in [3.8, 4) is 5.75 Å². The first-order chi connectivity index (χ1) is 15.5. The lowest BCUT2D eigenvalue weighted by Crippen LogP contribution is -2.15. The lowest BCUT2D eigenvalue weighted by Gasteiger charge is -2.11. The summed E-state index contributed by atoms with van der Waals surface area (Å²) in [4.78, 5) is 12.4. The van der Waals surface area contributed by atoms with Crippen LogP contribution in [0.2, 0.25) is 5.02 Å². The van der Waals surface area contributed by atoms with E-state index in [9.17, 15) is 4.79 Å². The zero-order valence-corrected chi connectivity index (χ0v) is 19.4. The molecule has 0 unspecified atom stereocenters. The van der Waals surface area contributed by atoms with Gasteiger partial charge in [-0.2, -0.15) is 0 Å². The van der Waals surface area contributed by atoms with Crippen LogP contribution in [0, 0.1) is 6.92 Å². The summed E-state index contributed by atoms with van der Waals surface area (Å²) in [7, 11) is 0. The topological polar surface area (TPSA) is 69.0 Å². The third-order valence-corrected chi connectivity index (χ3v) is 6.38. The van der Waals surface area contributed by atoms with Crippen LogP contribution in [0.1, 0.15) is 18.3 Å². The number of benzene rings is 3. The van der Waals surface area contributed by atoms with E-state index in [1.54, 1.807) is 6.07 Å². The van der Waals surface area contributed by atoms with Gasteiger partial charge in [0.25, 0.3) is 0 Å². The maximum Gasteiger partial charge on any atom is 0.234 e. The highest BCUT2D eigenvalue weighted by Gasteiger charge is 2.14. The molecule has 0 fully saturated rings. The van der Waals surface area contributed by atoms with E-state index in [0.29, 0.717) is 34.8 Å². The maximum atomic E-state index is 12.4. The molecule has 4 rings (SSSR count). The fourth-order valence-corrected chi connectivity index (χ4v) is 4.31. The number of nitrogens with zero attached hydrogens (tertiary/aromatic N) is 3. The molecule has 0 atom stereocenters. The maximum absolute atomic E-state index is 12.4. The molecule has 1 aromatic heterocycles. The van der Waals surface area contributed by atoms with Gasteiger partial charge >= 0.3 is 0 Å². The molecule has 32 heavy (non-hydrogen) atoms. The Morgan fingerprint density at radius 2 is 1.94 bits per heavy atom. The number of rotatable bonds is 8. The van der Waals surface area contributed by atoms with Crippen LogP contribution in [0.25, 0.3) is 10.8 Å². The Bertz CT molecular complexity index is 1250. The van der Waals surface area contributed by atoms with Crippen molar-refractivity contribution in [2.45, 2.75) is 32.2 Å². The standard InChI is InChI=1S/C24H23ClN4O2S/c1-3-29-22(14-31-21-10-6-8-17-7-4-5-9-19(17)21)27-28-24(29)32-15-23(30)26-18-12-11-16(2)20(25)13-18/h4-13H,3,14-15H2,1-2H3,(H,26,30). The van der Waals surface area contributed by atoms with Crippen molar-refractivity contribution < 1.29 is 9.53 Å². The van der Waals surface area contributed by atoms with Crippen LogP contribution >= 0.6 is 23.4 Å². The number of aryl methyl sites for hydroxylation is 1. The quantitative estimate of drug-likeness (QED) is 0.336. The second-order valence-electron chi connectivity index (χ2n) is 7.21. The van der Waals surface area contributed by atoms with Gasteiger partial charge in [-0.15, -0.1) is 10.2 Å². The lowest BCUT2D eigenvalue weighted by molar-refractivity contribution is -0.113. The van der Waals surface area contributed by atoms with Crippen molar-refractivity contribution in [3.63, 3.8) is 0 Å². The van der Waals surface area contributed by atoms with Gasteiger partial charge in [-0.25, -0.2) is 0 Å². The number of halogens is 1. The SMILES string of the molecule is CCn1c(COc2cccc3ccccc23)nnc1SCC(=O)Nc1ccc(C)c(Cl)c1. The number of fused-ring (bicyclic) bond motifs is 1. The first-order valence-corrected chi connectivity index (χ1v) is 11.6. The summed E-state index contributed by atoms with van der Waals surface area (Å²) in [6.45, 7) is 4.91. The average Bonchev–Trinajstić information content (AvgIpc) is 3.20. The van der Waals surface area contributed by atoms with Crippen molar-refractivity contribution in [3.05, 3.63) is 77.1 Å². The Hall–Kier alpha value is -3.03. The highest BCUT2D eigenvalue weighted by Crippen LogP contribution is 2.26. The van der Waals surface area contributed by atoms with E-state index >= 15 is 0 Å². The molecule has 0 aliphatic heterocycles. The van der Waals surface area contributed by atoms with Gasteiger partial charge in [-0.05, 0) is 43.0 Å². The van der Waals surface area contributed by atoms with E-state index in [0.717, 1.165) is 22.1 Å². The normalized spacial score (nSPS) is 11.0. The number of anilines is 1. The molecule has 1 amide bonds. The van der Waals surface area contributed by atoms with Crippen molar-refractivity contribution in [2.24, 2.45) is 0 Å². The van der Waals surface area contributed by atoms with Crippen molar-refractivity contribution in [2.75, 3.05) is 11.1 Å². The number of amides is 1. The number of hydrogen-bond donors (Lipinski definition) is 1. The predicted octanol–water partition coefficient (Wildman–Crippen LogP) is 5.72. The summed E-state index contributed by atoms with van der Waals surface area (Å²) in [5, 5.41) is 14.9. The van der Waals surface area contributed by atoms with Gasteiger partial charge in [0.1, 0.15) is 12.4 Å². The summed E-state index contributed by atoms with van der Waals surface area (Å²) in [5.74, 6) is 1.61. The fourth-order valence-electron chi connectivity index (χ4n) is 3.31. The third-order valence-electron chi connectivity index (χ3n) is 5.00. The van der Waals surface area contributed by atoms with Gasteiger partial charge in [0.05, 0.1) is 5.75 Å². The molecule has 8 heteroatoms. The predicted molar refractivity (Wildman–Crippen MR) is 130 cm³/mol. The molecule has 0 spiro atoms. The Labute approximate surface area is 195 Å². The number of carbonyl (C=O) groups excluding carboxylic acids is 1. The van der Waals surface area contributed by atoms with Crippen LogP contribution in [-0.4, -0.2) is 26.4 Å². The molecular formula is C24H23ClN4O2S. The minimum Gasteiger partial charge on any atom is -0.485 e. The summed E-state index contributed by atoms with van der Waals surface area (Å²) in [5.41, 5.74) is 1.64. The minimum absolute atomic E-state index is 0.130. The number of aromatic nitrogens is 3. The zero-order chi connectivity index (χ0) is 22.5. The van der Waals surface area contributed by atoms with Gasteiger partial charge in [0.2, 0.25) is 5.91 Å². The molecule has 0 radical (unpaired) electrons. The number of ether oxygens (including phenoxy) is 1. The summed E-state index contributed by atoms with van der Waals surface area (Å²) in [6.07, 6.45) is 0. The second kappa shape index (κ2) is 10.1. The smallest absolute Gasteiger partial charge is 0.234 e. The van der Waals surface area contributed by atoms with Gasteiger partial charge < -0.3 is 14.6 Å². The van der Waals surface area contributed by atoms with Crippen LogP contribution in [0.5, 0.6) is 5.75 Å². The molecule has 0 bridgehead atoms. The summed E-state index contributed by atoms with van der Waals surface area (Å²) >= 11 is 7.47. The van der Waals surface area contributed by atoms with E-state index < -0.39 is 0 Å². The Morgan fingerprint density at radius 3 is 2.75 bits per heavy atom. The minimum atomic E-state index is -0.130. The van der Waals surface area contributed by atoms with Gasteiger partial charge in [0.15, 0.2) is 11.0 Å². The lowest BCUT2D eigenvalue weighted by atomic mass is 10.1. The highest BCUT2D eigenvalue weighted by molar-refractivity contribution is 7.99. The van der Waals surface area contributed by atoms with Crippen molar-refractivity contribution in [1.29, 1.82) is 0 Å². The molecule has 3 aromatic carbocycles. The molecule has 1 N–H and O–H groups in total. The molecule has 0 aliphatic rings. The van der Waals surface area contributed by atoms with Crippen molar-refractivity contribution in [1.82, 2.24) is 14.8 Å². The molecule has 4 aromatic rings. The molecule has 1 heterocycles. The Morgan fingerprint density at radius 1 is 1.12 bits per heavy atom. The molecule has 6 nitrogen and oxygen atoms in total. The largest absolute Gasteiger partial charge is 0.485 e. The Balaban J connectivity index is 1.39. The molecule has 0 saturated heterocycles. The second-order valence-corrected chi connectivity index (χ2v) is 8.56. The number of thioether (sulfide) groups is 1.